The third kappa shape index (κ3) is 13.7. The van der Waals surface area contributed by atoms with Crippen molar-refractivity contribution in [3.05, 3.63) is 59.4 Å². The molecule has 0 aliphatic carbocycles. The Morgan fingerprint density at radius 2 is 1.77 bits per heavy atom. The minimum absolute atomic E-state index is 0.0313. The highest BCUT2D eigenvalue weighted by molar-refractivity contribution is 5.87. The quantitative estimate of drug-likeness (QED) is 0.0915. The SMILES string of the molecule is C/C=C/[C@H]1O[C@@](O)([C@@H](C)[C@H](O)[C@H](C)[C@H]2OC(=O)/C(OC)=C/C(C)=C/[C@@H](C)[13C@@H](O)[C@@H](CC)[C@H](O)[C@H](C)C/C(C)=C/C=C/[C@@H]2OC)C[C@@H](O[C@H]2C[C@@H](O)[C@H](OC(N)=O)[C@@H](C)O2)[C@@H]1C. The summed E-state index contributed by atoms with van der Waals surface area (Å²) in [7, 11) is 2.81. The van der Waals surface area contributed by atoms with Gasteiger partial charge < -0.3 is 64.4 Å². The van der Waals surface area contributed by atoms with Gasteiger partial charge >= 0.3 is 12.1 Å². The number of ether oxygens (including phenoxy) is 7. The molecule has 0 unspecified atom stereocenters. The van der Waals surface area contributed by atoms with Gasteiger partial charge in [0.15, 0.2) is 18.2 Å². The number of hydrogen-bond donors (Lipinski definition) is 6. The van der Waals surface area contributed by atoms with Crippen molar-refractivity contribution in [1.29, 1.82) is 0 Å². The molecule has 0 aromatic carbocycles. The maximum Gasteiger partial charge on any atom is 0.404 e. The lowest BCUT2D eigenvalue weighted by molar-refractivity contribution is -0.338. The van der Waals surface area contributed by atoms with E-state index in [1.54, 1.807) is 52.0 Å². The van der Waals surface area contributed by atoms with E-state index < -0.39 is 97.0 Å². The number of primary amides is 1. The molecule has 7 N–H and O–H groups in total. The molecule has 348 valence electrons. The van der Waals surface area contributed by atoms with Gasteiger partial charge in [-0.2, -0.15) is 0 Å². The number of esters is 1. The van der Waals surface area contributed by atoms with E-state index >= 15 is 0 Å². The summed E-state index contributed by atoms with van der Waals surface area (Å²) in [6.45, 7) is 18.2. The first kappa shape index (κ1) is 52.2. The molecule has 0 aromatic heterocycles. The molecule has 3 heterocycles. The highest BCUT2D eigenvalue weighted by Gasteiger charge is 2.52. The van der Waals surface area contributed by atoms with Gasteiger partial charge in [-0.05, 0) is 52.5 Å². The molecule has 3 aliphatic rings. The third-order valence-electron chi connectivity index (χ3n) is 12.8. The zero-order valence-electron chi connectivity index (χ0n) is 38.2. The molecule has 2 fully saturated rings. The Morgan fingerprint density at radius 1 is 1.10 bits per heavy atom. The van der Waals surface area contributed by atoms with Gasteiger partial charge in [-0.15, -0.1) is 0 Å². The van der Waals surface area contributed by atoms with Gasteiger partial charge in [-0.25, -0.2) is 9.59 Å². The van der Waals surface area contributed by atoms with Crippen molar-refractivity contribution >= 4 is 12.1 Å². The van der Waals surface area contributed by atoms with Crippen molar-refractivity contribution in [2.75, 3.05) is 14.2 Å². The molecule has 61 heavy (non-hydrogen) atoms. The van der Waals surface area contributed by atoms with Crippen molar-refractivity contribution in [1.82, 2.24) is 0 Å². The lowest BCUT2D eigenvalue weighted by atomic mass is 9.77. The van der Waals surface area contributed by atoms with Gasteiger partial charge in [-0.1, -0.05) is 89.1 Å². The minimum atomic E-state index is -1.97. The first-order valence-electron chi connectivity index (χ1n) is 21.7. The van der Waals surface area contributed by atoms with Gasteiger partial charge in [0, 0.05) is 49.5 Å². The van der Waals surface area contributed by atoms with E-state index in [9.17, 15) is 35.1 Å². The summed E-state index contributed by atoms with van der Waals surface area (Å²) in [5.74, 6) is -6.00. The Labute approximate surface area is 362 Å². The Balaban J connectivity index is 2.00. The average Bonchev–Trinajstić information content (AvgIpc) is 3.19. The van der Waals surface area contributed by atoms with Crippen molar-refractivity contribution in [3.63, 3.8) is 0 Å². The van der Waals surface area contributed by atoms with Crippen LogP contribution in [0.4, 0.5) is 4.79 Å². The highest BCUT2D eigenvalue weighted by Crippen LogP contribution is 2.42. The Morgan fingerprint density at radius 3 is 2.34 bits per heavy atom. The summed E-state index contributed by atoms with van der Waals surface area (Å²) in [5.41, 5.74) is 6.78. The second kappa shape index (κ2) is 23.5. The molecule has 0 spiro atoms. The molecule has 15 heteroatoms. The molecular formula is C46H75NO14. The second-order valence-corrected chi connectivity index (χ2v) is 17.5. The van der Waals surface area contributed by atoms with Crippen LogP contribution in [-0.2, 0) is 38.0 Å². The maximum absolute atomic E-state index is 13.9. The van der Waals surface area contributed by atoms with Gasteiger partial charge in [0.2, 0.25) is 5.76 Å². The van der Waals surface area contributed by atoms with Crippen LogP contribution < -0.4 is 5.73 Å². The van der Waals surface area contributed by atoms with Crippen molar-refractivity contribution in [2.24, 2.45) is 41.2 Å². The van der Waals surface area contributed by atoms with Gasteiger partial charge in [0.05, 0.1) is 49.8 Å². The highest BCUT2D eigenvalue weighted by atomic mass is 16.7. The monoisotopic (exact) mass is 867 g/mol. The predicted octanol–water partition coefficient (Wildman–Crippen LogP) is 4.98. The second-order valence-electron chi connectivity index (χ2n) is 17.5. The number of carbonyl (C=O) groups is 2. The molecule has 1 amide bonds. The minimum Gasteiger partial charge on any atom is -0.490 e. The smallest absolute Gasteiger partial charge is 0.404 e. The first-order valence-corrected chi connectivity index (χ1v) is 21.7. The zero-order chi connectivity index (χ0) is 45.9. The fourth-order valence-corrected chi connectivity index (χ4v) is 8.94. The van der Waals surface area contributed by atoms with E-state index in [4.69, 9.17) is 38.9 Å². The van der Waals surface area contributed by atoms with E-state index in [1.807, 2.05) is 53.7 Å². The third-order valence-corrected chi connectivity index (χ3v) is 12.8. The number of carbonyl (C=O) groups excluding carboxylic acids is 2. The molecular weight excluding hydrogens is 791 g/mol. The van der Waals surface area contributed by atoms with Crippen molar-refractivity contribution in [2.45, 2.75) is 168 Å². The van der Waals surface area contributed by atoms with Crippen LogP contribution >= 0.6 is 0 Å². The lowest BCUT2D eigenvalue weighted by Crippen LogP contribution is -2.59. The lowest BCUT2D eigenvalue weighted by Gasteiger charge is -2.49. The van der Waals surface area contributed by atoms with Crippen LogP contribution in [0.15, 0.2) is 59.4 Å². The number of nitrogens with two attached hydrogens (primary N) is 1. The molecule has 3 aliphatic heterocycles. The largest absolute Gasteiger partial charge is 0.490 e. The summed E-state index contributed by atoms with van der Waals surface area (Å²) in [6, 6.07) is 0. The molecule has 0 aromatic rings. The zero-order valence-corrected chi connectivity index (χ0v) is 38.2. The van der Waals surface area contributed by atoms with E-state index in [0.29, 0.717) is 18.4 Å². The Hall–Kier alpha value is -3.12. The average molecular weight is 867 g/mol. The maximum atomic E-state index is 13.9. The van der Waals surface area contributed by atoms with Crippen molar-refractivity contribution < 1.29 is 68.3 Å². The number of aliphatic hydroxyl groups is 5. The number of rotatable bonds is 11. The first-order chi connectivity index (χ1) is 28.6. The van der Waals surface area contributed by atoms with Crippen LogP contribution in [0.2, 0.25) is 0 Å². The van der Waals surface area contributed by atoms with Gasteiger partial charge in [-0.3, -0.25) is 0 Å². The molecule has 2 saturated heterocycles. The molecule has 0 radical (unpaired) electrons. The summed E-state index contributed by atoms with van der Waals surface area (Å²) in [4.78, 5) is 25.4. The number of hydrogen-bond acceptors (Lipinski definition) is 14. The Kier molecular flexibility index (Phi) is 20.1. The topological polar surface area (TPSA) is 226 Å². The van der Waals surface area contributed by atoms with E-state index in [-0.39, 0.29) is 42.3 Å². The summed E-state index contributed by atoms with van der Waals surface area (Å²) in [5, 5.41) is 58.0. The van der Waals surface area contributed by atoms with E-state index in [0.717, 1.165) is 5.57 Å². The Bertz CT molecular complexity index is 1570. The summed E-state index contributed by atoms with van der Waals surface area (Å²) in [6.07, 6.45) is 2.20. The van der Waals surface area contributed by atoms with Crippen LogP contribution in [0, 0.1) is 35.5 Å². The standard InChI is InChI=1S/C46H75NO14/c1-13-16-34-28(7)37(58-38-22-33(48)43(31(10)57-38)60-45(47)53)23-46(54,61-34)30(9)41(51)29(8)42-35(55-11)18-15-17-24(3)19-26(5)39(49)32(14-2)40(50)27(6)20-25(4)21-36(56-12)44(52)59-42/h13,15-18,20-21,26-35,37-43,48-51,54H,14,19,22-23H2,1-12H3,(H2,47,53)/b16-13+,18-15+,24-17+,25-20+,36-21-/t26-,27-,28-,29+,30+,31-,32+,33-,34-,35+,37-,38+,39-,40-,41-,42-,43-,46-/m1/s1/i40+1. The molecule has 18 atom stereocenters. The summed E-state index contributed by atoms with van der Waals surface area (Å²) >= 11 is 0. The molecule has 3 rings (SSSR count). The number of amides is 1. The van der Waals surface area contributed by atoms with Crippen LogP contribution in [-0.4, -0.2) is 125 Å². The van der Waals surface area contributed by atoms with Crippen LogP contribution in [0.25, 0.3) is 0 Å². The van der Waals surface area contributed by atoms with Crippen LogP contribution in [0.5, 0.6) is 0 Å². The van der Waals surface area contributed by atoms with E-state index in [1.165, 1.54) is 20.3 Å². The number of methoxy groups -OCH3 is 2. The predicted molar refractivity (Wildman–Crippen MR) is 228 cm³/mol. The number of aliphatic hydroxyl groups excluding tert-OH is 4. The number of allylic oxidation sites excluding steroid dienone is 6. The molecule has 0 saturated carbocycles. The van der Waals surface area contributed by atoms with Gasteiger partial charge in [0.1, 0.15) is 12.2 Å². The van der Waals surface area contributed by atoms with E-state index in [2.05, 4.69) is 0 Å². The number of cyclic esters (lactones) is 1. The molecule has 0 bridgehead atoms. The normalized spacial score (nSPS) is 42.2. The van der Waals surface area contributed by atoms with Crippen LogP contribution in [0.1, 0.15) is 94.9 Å². The van der Waals surface area contributed by atoms with Crippen LogP contribution in [0.3, 0.4) is 0 Å². The van der Waals surface area contributed by atoms with Crippen molar-refractivity contribution in [3.8, 4) is 0 Å². The summed E-state index contributed by atoms with van der Waals surface area (Å²) < 4.78 is 41.4. The molecule has 15 nitrogen and oxygen atoms in total. The fraction of sp³-hybridized carbons (Fsp3) is 0.739. The fourth-order valence-electron chi connectivity index (χ4n) is 8.94. The van der Waals surface area contributed by atoms with Gasteiger partial charge in [0.25, 0.3) is 0 Å².